The molecule has 4 unspecified atom stereocenters. The number of carbonyl (C=O) groups is 5. The summed E-state index contributed by atoms with van der Waals surface area (Å²) in [5.41, 5.74) is 7.31. The monoisotopic (exact) mass is 567 g/mol. The number of para-hydroxylation sites is 1. The highest BCUT2D eigenvalue weighted by atomic mass is 32.2. The second kappa shape index (κ2) is 15.2. The van der Waals surface area contributed by atoms with Crippen LogP contribution in [-0.4, -0.2) is 86.8 Å². The van der Waals surface area contributed by atoms with E-state index in [-0.39, 0.29) is 25.0 Å². The van der Waals surface area contributed by atoms with Gasteiger partial charge < -0.3 is 36.9 Å². The predicted molar refractivity (Wildman–Crippen MR) is 147 cm³/mol. The van der Waals surface area contributed by atoms with Crippen molar-refractivity contribution < 1.29 is 34.2 Å². The second-order valence-corrected chi connectivity index (χ2v) is 9.94. The quantitative estimate of drug-likeness (QED) is 0.130. The van der Waals surface area contributed by atoms with Crippen molar-refractivity contribution >= 4 is 65.0 Å². The summed E-state index contributed by atoms with van der Waals surface area (Å²) in [6.45, 7) is 0. The predicted octanol–water partition coefficient (Wildman–Crippen LogP) is 0.124. The molecule has 1 aromatic heterocycles. The zero-order valence-electron chi connectivity index (χ0n) is 20.8. The number of fused-ring (bicyclic) bond motifs is 1. The van der Waals surface area contributed by atoms with Crippen molar-refractivity contribution in [1.82, 2.24) is 20.9 Å². The lowest BCUT2D eigenvalue weighted by Crippen LogP contribution is -2.57. The standard InChI is InChI=1S/C24H33N5O7S2/c1-38-9-8-18(24(35)36)28-22(33)17(6-7-20(30)31)27-23(34)19(29-21(32)15(25)12-37)10-13-11-26-16-5-3-2-4-14(13)16/h2-5,11,15,17-19,26,37H,6-10,12,25H2,1H3,(H,27,34)(H,28,33)(H,29,32)(H,30,31)(H,35,36). The summed E-state index contributed by atoms with van der Waals surface area (Å²) >= 11 is 5.42. The van der Waals surface area contributed by atoms with Gasteiger partial charge in [0.2, 0.25) is 17.7 Å². The van der Waals surface area contributed by atoms with E-state index in [1.165, 1.54) is 11.8 Å². The normalized spacial score (nSPS) is 14.2. The number of benzene rings is 1. The zero-order valence-corrected chi connectivity index (χ0v) is 22.5. The SMILES string of the molecule is CSCCC(NC(=O)C(CCC(=O)O)NC(=O)C(Cc1c[nH]c2ccccc12)NC(=O)C(N)CS)C(=O)O. The van der Waals surface area contributed by atoms with E-state index >= 15 is 0 Å². The number of hydrogen-bond donors (Lipinski definition) is 8. The van der Waals surface area contributed by atoms with Gasteiger partial charge in [0.15, 0.2) is 0 Å². The minimum Gasteiger partial charge on any atom is -0.481 e. The molecule has 0 fully saturated rings. The van der Waals surface area contributed by atoms with Gasteiger partial charge >= 0.3 is 11.9 Å². The van der Waals surface area contributed by atoms with Crippen LogP contribution in [0.3, 0.4) is 0 Å². The molecule has 2 rings (SSSR count). The minimum absolute atomic E-state index is 0.0313. The first-order chi connectivity index (χ1) is 18.1. The van der Waals surface area contributed by atoms with Crippen molar-refractivity contribution in [3.8, 4) is 0 Å². The Labute approximate surface area is 229 Å². The highest BCUT2D eigenvalue weighted by Gasteiger charge is 2.31. The third-order valence-electron chi connectivity index (χ3n) is 5.77. The average molecular weight is 568 g/mol. The van der Waals surface area contributed by atoms with E-state index in [1.54, 1.807) is 12.5 Å². The van der Waals surface area contributed by atoms with E-state index < -0.39 is 60.2 Å². The molecule has 1 heterocycles. The number of thioether (sulfide) groups is 1. The lowest BCUT2D eigenvalue weighted by molar-refractivity contribution is -0.143. The van der Waals surface area contributed by atoms with Gasteiger partial charge in [0.25, 0.3) is 0 Å². The number of thiol groups is 1. The second-order valence-electron chi connectivity index (χ2n) is 8.59. The molecular weight excluding hydrogens is 534 g/mol. The van der Waals surface area contributed by atoms with E-state index in [2.05, 4.69) is 33.6 Å². The Morgan fingerprint density at radius 3 is 2.24 bits per heavy atom. The molecule has 4 atom stereocenters. The van der Waals surface area contributed by atoms with Crippen molar-refractivity contribution in [3.05, 3.63) is 36.0 Å². The topological polar surface area (TPSA) is 204 Å². The van der Waals surface area contributed by atoms with Crippen LogP contribution in [-0.2, 0) is 30.4 Å². The Hall–Kier alpha value is -3.23. The van der Waals surface area contributed by atoms with Crippen LogP contribution in [0.1, 0.15) is 24.8 Å². The number of carboxylic acid groups (broad SMARTS) is 2. The van der Waals surface area contributed by atoms with Crippen molar-refractivity contribution in [1.29, 1.82) is 0 Å². The van der Waals surface area contributed by atoms with Gasteiger partial charge in [0.1, 0.15) is 18.1 Å². The van der Waals surface area contributed by atoms with Crippen LogP contribution < -0.4 is 21.7 Å². The van der Waals surface area contributed by atoms with Crippen molar-refractivity contribution in [3.63, 3.8) is 0 Å². The molecule has 2 aromatic rings. The fourth-order valence-corrected chi connectivity index (χ4v) is 4.30. The Morgan fingerprint density at radius 1 is 0.974 bits per heavy atom. The Kier molecular flexibility index (Phi) is 12.4. The molecular formula is C24H33N5O7S2. The summed E-state index contributed by atoms with van der Waals surface area (Å²) in [6.07, 6.45) is 2.94. The summed E-state index contributed by atoms with van der Waals surface area (Å²) in [7, 11) is 0. The summed E-state index contributed by atoms with van der Waals surface area (Å²) in [4.78, 5) is 64.7. The van der Waals surface area contributed by atoms with Crippen LogP contribution in [0.15, 0.2) is 30.5 Å². The van der Waals surface area contributed by atoms with E-state index in [9.17, 15) is 29.1 Å². The van der Waals surface area contributed by atoms with Crippen molar-refractivity contribution in [2.24, 2.45) is 5.73 Å². The van der Waals surface area contributed by atoms with Crippen LogP contribution in [0.2, 0.25) is 0 Å². The summed E-state index contributed by atoms with van der Waals surface area (Å²) < 4.78 is 0. The molecule has 3 amide bonds. The molecule has 208 valence electrons. The number of carbonyl (C=O) groups excluding carboxylic acids is 3. The number of aromatic amines is 1. The summed E-state index contributed by atoms with van der Waals surface area (Å²) in [6, 6.07) is 2.65. The molecule has 0 spiro atoms. The third-order valence-corrected chi connectivity index (χ3v) is 6.81. The number of aromatic nitrogens is 1. The maximum absolute atomic E-state index is 13.4. The highest BCUT2D eigenvalue weighted by molar-refractivity contribution is 7.98. The first kappa shape index (κ1) is 31.0. The van der Waals surface area contributed by atoms with Gasteiger partial charge in [-0.05, 0) is 36.5 Å². The average Bonchev–Trinajstić information content (AvgIpc) is 3.30. The molecule has 0 bridgehead atoms. The summed E-state index contributed by atoms with van der Waals surface area (Å²) in [5, 5.41) is 26.9. The fraction of sp³-hybridized carbons (Fsp3) is 0.458. The van der Waals surface area contributed by atoms with Gasteiger partial charge in [-0.15, -0.1) is 0 Å². The first-order valence-electron chi connectivity index (χ1n) is 11.8. The molecule has 14 heteroatoms. The Bertz CT molecular complexity index is 1140. The first-order valence-corrected chi connectivity index (χ1v) is 13.9. The number of amides is 3. The summed E-state index contributed by atoms with van der Waals surface area (Å²) in [5.74, 6) is -4.17. The number of nitrogens with one attached hydrogen (secondary N) is 4. The number of hydrogen-bond acceptors (Lipinski definition) is 8. The number of nitrogens with two attached hydrogens (primary N) is 1. The highest BCUT2D eigenvalue weighted by Crippen LogP contribution is 2.19. The number of rotatable bonds is 16. The maximum atomic E-state index is 13.4. The van der Waals surface area contributed by atoms with Crippen LogP contribution in [0.4, 0.5) is 0 Å². The van der Waals surface area contributed by atoms with Crippen LogP contribution in [0, 0.1) is 0 Å². The van der Waals surface area contributed by atoms with Gasteiger partial charge in [0.05, 0.1) is 6.04 Å². The fourth-order valence-electron chi connectivity index (χ4n) is 3.67. The van der Waals surface area contributed by atoms with Crippen molar-refractivity contribution in [2.75, 3.05) is 17.8 Å². The molecule has 38 heavy (non-hydrogen) atoms. The lowest BCUT2D eigenvalue weighted by atomic mass is 10.0. The number of aliphatic carboxylic acids is 2. The van der Waals surface area contributed by atoms with Gasteiger partial charge in [-0.1, -0.05) is 18.2 Å². The Morgan fingerprint density at radius 2 is 1.61 bits per heavy atom. The smallest absolute Gasteiger partial charge is 0.326 e. The molecule has 12 nitrogen and oxygen atoms in total. The largest absolute Gasteiger partial charge is 0.481 e. The number of H-pyrrole nitrogens is 1. The van der Waals surface area contributed by atoms with Gasteiger partial charge in [-0.2, -0.15) is 24.4 Å². The van der Waals surface area contributed by atoms with E-state index in [0.717, 1.165) is 16.5 Å². The molecule has 1 aromatic carbocycles. The Balaban J connectivity index is 2.28. The molecule has 8 N–H and O–H groups in total. The van der Waals surface area contributed by atoms with Crippen LogP contribution >= 0.6 is 24.4 Å². The third kappa shape index (κ3) is 9.26. The lowest BCUT2D eigenvalue weighted by Gasteiger charge is -2.25. The van der Waals surface area contributed by atoms with Crippen LogP contribution in [0.5, 0.6) is 0 Å². The minimum atomic E-state index is -1.35. The van der Waals surface area contributed by atoms with Gasteiger partial charge in [-0.3, -0.25) is 19.2 Å². The molecule has 0 aliphatic heterocycles. The van der Waals surface area contributed by atoms with Crippen LogP contribution in [0.25, 0.3) is 10.9 Å². The van der Waals surface area contributed by atoms with Gasteiger partial charge in [-0.25, -0.2) is 4.79 Å². The zero-order chi connectivity index (χ0) is 28.2. The molecule has 0 aliphatic carbocycles. The van der Waals surface area contributed by atoms with E-state index in [0.29, 0.717) is 5.75 Å². The van der Waals surface area contributed by atoms with E-state index in [1.807, 2.05) is 24.3 Å². The molecule has 0 saturated heterocycles. The molecule has 0 saturated carbocycles. The maximum Gasteiger partial charge on any atom is 0.326 e. The van der Waals surface area contributed by atoms with E-state index in [4.69, 9.17) is 10.8 Å². The molecule has 0 aliphatic rings. The molecule has 0 radical (unpaired) electrons. The van der Waals surface area contributed by atoms with Crippen molar-refractivity contribution in [2.45, 2.75) is 49.9 Å². The van der Waals surface area contributed by atoms with Gasteiger partial charge in [0, 0.05) is 35.7 Å². The number of carboxylic acids is 2.